The molecule has 1 fully saturated rings. The summed E-state index contributed by atoms with van der Waals surface area (Å²) in [5.74, 6) is -0.489. The molecule has 6 nitrogen and oxygen atoms in total. The molecule has 0 radical (unpaired) electrons. The van der Waals surface area contributed by atoms with Crippen molar-refractivity contribution in [3.8, 4) is 16.9 Å². The molecule has 0 bridgehead atoms. The number of carbonyl (C=O) groups is 1. The summed E-state index contributed by atoms with van der Waals surface area (Å²) in [7, 11) is 0. The zero-order valence-electron chi connectivity index (χ0n) is 19.8. The fourth-order valence-electron chi connectivity index (χ4n) is 4.92. The van der Waals surface area contributed by atoms with Crippen LogP contribution in [0.1, 0.15) is 39.9 Å². The molecule has 0 saturated carbocycles. The molecule has 6 heteroatoms. The van der Waals surface area contributed by atoms with Crippen molar-refractivity contribution in [2.75, 3.05) is 13.2 Å². The molecule has 0 aliphatic carbocycles. The van der Waals surface area contributed by atoms with E-state index < -0.39 is 11.6 Å². The Kier molecular flexibility index (Phi) is 6.74. The number of aliphatic hydroxyl groups is 2. The Hall–Kier alpha value is -3.71. The second kappa shape index (κ2) is 10.1. The van der Waals surface area contributed by atoms with Gasteiger partial charge in [0.2, 0.25) is 0 Å². The second-order valence-corrected chi connectivity index (χ2v) is 9.12. The molecule has 4 aromatic carbocycles. The molecule has 184 valence electrons. The lowest BCUT2D eigenvalue weighted by molar-refractivity contribution is -0.0679. The van der Waals surface area contributed by atoms with Gasteiger partial charge in [-0.25, -0.2) is 4.79 Å². The van der Waals surface area contributed by atoms with Gasteiger partial charge >= 0.3 is 5.97 Å². The van der Waals surface area contributed by atoms with Crippen LogP contribution in [-0.4, -0.2) is 34.5 Å². The standard InChI is InChI=1S/C30H28O6/c31-18-27-26(29(32)33)17-22-16-24(9-10-25(22)28(27)21-6-2-1-3-7-21)36-19-20-5-4-8-23(15-20)30(34)11-13-35-14-12-30/h1-10,15-17,31,34H,11-14,18-19H2,(H,32,33). The van der Waals surface area contributed by atoms with Crippen LogP contribution >= 0.6 is 0 Å². The molecular weight excluding hydrogens is 456 g/mol. The molecule has 36 heavy (non-hydrogen) atoms. The number of fused-ring (bicyclic) bond motifs is 1. The van der Waals surface area contributed by atoms with Crippen molar-refractivity contribution in [2.45, 2.75) is 31.7 Å². The molecule has 0 atom stereocenters. The van der Waals surface area contributed by atoms with Gasteiger partial charge in [0.25, 0.3) is 0 Å². The van der Waals surface area contributed by atoms with E-state index in [1.807, 2.05) is 72.8 Å². The molecule has 1 aliphatic heterocycles. The van der Waals surface area contributed by atoms with Crippen molar-refractivity contribution >= 4 is 16.7 Å². The van der Waals surface area contributed by atoms with Crippen molar-refractivity contribution < 1.29 is 29.6 Å². The van der Waals surface area contributed by atoms with Crippen LogP contribution in [0.5, 0.6) is 5.75 Å². The highest BCUT2D eigenvalue weighted by Gasteiger charge is 2.31. The highest BCUT2D eigenvalue weighted by atomic mass is 16.5. The van der Waals surface area contributed by atoms with E-state index in [0.29, 0.717) is 54.9 Å². The second-order valence-electron chi connectivity index (χ2n) is 9.12. The van der Waals surface area contributed by atoms with Crippen LogP contribution in [0.2, 0.25) is 0 Å². The number of rotatable bonds is 7. The number of carboxylic acid groups (broad SMARTS) is 1. The molecule has 5 rings (SSSR count). The normalized spacial score (nSPS) is 15.1. The van der Waals surface area contributed by atoms with Gasteiger partial charge in [0.1, 0.15) is 12.4 Å². The van der Waals surface area contributed by atoms with Gasteiger partial charge in [0, 0.05) is 31.6 Å². The Labute approximate surface area is 209 Å². The van der Waals surface area contributed by atoms with E-state index in [1.165, 1.54) is 0 Å². The van der Waals surface area contributed by atoms with Gasteiger partial charge in [-0.3, -0.25) is 0 Å². The van der Waals surface area contributed by atoms with E-state index in [4.69, 9.17) is 9.47 Å². The third-order valence-electron chi connectivity index (χ3n) is 6.86. The van der Waals surface area contributed by atoms with Crippen molar-refractivity contribution in [3.05, 3.63) is 101 Å². The molecule has 0 aromatic heterocycles. The summed E-state index contributed by atoms with van der Waals surface area (Å²) in [6.07, 6.45) is 1.13. The first-order chi connectivity index (χ1) is 17.5. The van der Waals surface area contributed by atoms with Gasteiger partial charge in [-0.05, 0) is 57.3 Å². The first-order valence-electron chi connectivity index (χ1n) is 12.0. The summed E-state index contributed by atoms with van der Waals surface area (Å²) in [6, 6.07) is 24.4. The molecule has 0 unspecified atom stereocenters. The first-order valence-corrected chi connectivity index (χ1v) is 12.0. The van der Waals surface area contributed by atoms with Gasteiger partial charge in [0.05, 0.1) is 17.8 Å². The van der Waals surface area contributed by atoms with E-state index in [2.05, 4.69) is 0 Å². The molecule has 3 N–H and O–H groups in total. The molecule has 4 aromatic rings. The molecule has 0 amide bonds. The summed E-state index contributed by atoms with van der Waals surface area (Å²) < 4.78 is 11.5. The Morgan fingerprint density at radius 3 is 2.44 bits per heavy atom. The molecule has 0 spiro atoms. The van der Waals surface area contributed by atoms with Crippen LogP contribution in [0.15, 0.2) is 78.9 Å². The van der Waals surface area contributed by atoms with Gasteiger partial charge in [-0.1, -0.05) is 54.6 Å². The monoisotopic (exact) mass is 484 g/mol. The SMILES string of the molecule is O=C(O)c1cc2cc(OCc3cccc(C4(O)CCOCC4)c3)ccc2c(-c2ccccc2)c1CO. The van der Waals surface area contributed by atoms with Crippen LogP contribution in [0, 0.1) is 0 Å². The van der Waals surface area contributed by atoms with E-state index in [-0.39, 0.29) is 12.2 Å². The number of aromatic carboxylic acids is 1. The van der Waals surface area contributed by atoms with Crippen molar-refractivity contribution in [3.63, 3.8) is 0 Å². The van der Waals surface area contributed by atoms with Crippen LogP contribution in [0.3, 0.4) is 0 Å². The lowest BCUT2D eigenvalue weighted by Crippen LogP contribution is -2.33. The lowest BCUT2D eigenvalue weighted by atomic mass is 9.86. The average Bonchev–Trinajstić information content (AvgIpc) is 2.91. The van der Waals surface area contributed by atoms with E-state index in [1.54, 1.807) is 6.07 Å². The zero-order chi connectivity index (χ0) is 25.1. The Bertz CT molecular complexity index is 1390. The first kappa shape index (κ1) is 24.0. The summed E-state index contributed by atoms with van der Waals surface area (Å²) in [6.45, 7) is 0.998. The van der Waals surface area contributed by atoms with E-state index in [9.17, 15) is 20.1 Å². The predicted molar refractivity (Wildman–Crippen MR) is 137 cm³/mol. The minimum atomic E-state index is -1.09. The van der Waals surface area contributed by atoms with Crippen molar-refractivity contribution in [1.29, 1.82) is 0 Å². The van der Waals surface area contributed by atoms with Crippen LogP contribution in [-0.2, 0) is 23.6 Å². The highest BCUT2D eigenvalue weighted by molar-refractivity contribution is 6.05. The minimum absolute atomic E-state index is 0.0680. The average molecular weight is 485 g/mol. The van der Waals surface area contributed by atoms with Gasteiger partial charge in [0.15, 0.2) is 0 Å². The zero-order valence-corrected chi connectivity index (χ0v) is 19.8. The maximum Gasteiger partial charge on any atom is 0.336 e. The molecular formula is C30H28O6. The lowest BCUT2D eigenvalue weighted by Gasteiger charge is -2.32. The van der Waals surface area contributed by atoms with Crippen molar-refractivity contribution in [2.24, 2.45) is 0 Å². The fraction of sp³-hybridized carbons (Fsp3) is 0.233. The van der Waals surface area contributed by atoms with E-state index in [0.717, 1.165) is 22.1 Å². The number of aliphatic hydroxyl groups excluding tert-OH is 1. The number of ether oxygens (including phenoxy) is 2. The van der Waals surface area contributed by atoms with Gasteiger partial charge in [-0.2, -0.15) is 0 Å². The fourth-order valence-corrected chi connectivity index (χ4v) is 4.92. The Balaban J connectivity index is 1.47. The van der Waals surface area contributed by atoms with Crippen LogP contribution in [0.4, 0.5) is 0 Å². The maximum atomic E-state index is 12.0. The number of hydrogen-bond acceptors (Lipinski definition) is 5. The molecule has 1 saturated heterocycles. The van der Waals surface area contributed by atoms with E-state index >= 15 is 0 Å². The predicted octanol–water partition coefficient (Wildman–Crippen LogP) is 5.27. The summed E-state index contributed by atoms with van der Waals surface area (Å²) in [5, 5.41) is 32.5. The molecule has 1 aliphatic rings. The number of benzene rings is 4. The number of carboxylic acids is 1. The van der Waals surface area contributed by atoms with Crippen molar-refractivity contribution in [1.82, 2.24) is 0 Å². The van der Waals surface area contributed by atoms with Crippen LogP contribution < -0.4 is 4.74 Å². The largest absolute Gasteiger partial charge is 0.489 e. The third-order valence-corrected chi connectivity index (χ3v) is 6.86. The maximum absolute atomic E-state index is 12.0. The topological polar surface area (TPSA) is 96.2 Å². The Morgan fingerprint density at radius 1 is 0.944 bits per heavy atom. The quantitative estimate of drug-likeness (QED) is 0.331. The van der Waals surface area contributed by atoms with Crippen LogP contribution in [0.25, 0.3) is 21.9 Å². The molecule has 1 heterocycles. The number of hydrogen-bond donors (Lipinski definition) is 3. The van der Waals surface area contributed by atoms with Gasteiger partial charge in [-0.15, -0.1) is 0 Å². The summed E-state index contributed by atoms with van der Waals surface area (Å²) in [4.78, 5) is 12.0. The minimum Gasteiger partial charge on any atom is -0.489 e. The third kappa shape index (κ3) is 4.71. The summed E-state index contributed by atoms with van der Waals surface area (Å²) >= 11 is 0. The highest BCUT2D eigenvalue weighted by Crippen LogP contribution is 2.37. The Morgan fingerprint density at radius 2 is 1.72 bits per heavy atom. The smallest absolute Gasteiger partial charge is 0.336 e. The van der Waals surface area contributed by atoms with Gasteiger partial charge < -0.3 is 24.8 Å². The summed E-state index contributed by atoms with van der Waals surface area (Å²) in [5.41, 5.74) is 2.90.